The highest BCUT2D eigenvalue weighted by Gasteiger charge is 2.23. The van der Waals surface area contributed by atoms with Crippen molar-refractivity contribution in [2.45, 2.75) is 13.8 Å². The van der Waals surface area contributed by atoms with Gasteiger partial charge in [0, 0.05) is 12.6 Å². The SMILES string of the molecule is COc1ccccc1N(CC(=O)N/N=C(/C)c1ccc(NC(C)=O)cc1)S(C)(=O)=O. The Balaban J connectivity index is 2.12. The summed E-state index contributed by atoms with van der Waals surface area (Å²) < 4.78 is 30.6. The molecular formula is C20H24N4O5S. The first-order chi connectivity index (χ1) is 14.1. The minimum absolute atomic E-state index is 0.175. The molecule has 0 unspecified atom stereocenters. The first-order valence-corrected chi connectivity index (χ1v) is 10.8. The molecule has 0 aliphatic rings. The Labute approximate surface area is 175 Å². The number of benzene rings is 2. The molecule has 0 bridgehead atoms. The molecule has 160 valence electrons. The molecular weight excluding hydrogens is 408 g/mol. The summed E-state index contributed by atoms with van der Waals surface area (Å²) >= 11 is 0. The van der Waals surface area contributed by atoms with Crippen LogP contribution in [0.15, 0.2) is 53.6 Å². The molecule has 2 N–H and O–H groups in total. The van der Waals surface area contributed by atoms with Gasteiger partial charge >= 0.3 is 0 Å². The van der Waals surface area contributed by atoms with Gasteiger partial charge in [0.25, 0.3) is 5.91 Å². The summed E-state index contributed by atoms with van der Waals surface area (Å²) in [6.45, 7) is 2.65. The van der Waals surface area contributed by atoms with E-state index >= 15 is 0 Å². The quantitative estimate of drug-likeness (QED) is 0.488. The van der Waals surface area contributed by atoms with Gasteiger partial charge in [-0.2, -0.15) is 5.10 Å². The van der Waals surface area contributed by atoms with Crippen LogP contribution in [-0.4, -0.2) is 45.9 Å². The van der Waals surface area contributed by atoms with E-state index in [-0.39, 0.29) is 11.6 Å². The maximum atomic E-state index is 12.4. The number of hydrogen-bond acceptors (Lipinski definition) is 6. The Morgan fingerprint density at radius 2 is 1.70 bits per heavy atom. The van der Waals surface area contributed by atoms with Crippen molar-refractivity contribution < 1.29 is 22.7 Å². The highest BCUT2D eigenvalue weighted by Crippen LogP contribution is 2.29. The van der Waals surface area contributed by atoms with Gasteiger partial charge in [-0.15, -0.1) is 0 Å². The summed E-state index contributed by atoms with van der Waals surface area (Å²) in [5.41, 5.74) is 4.51. The molecule has 9 nitrogen and oxygen atoms in total. The molecule has 10 heteroatoms. The highest BCUT2D eigenvalue weighted by molar-refractivity contribution is 7.92. The normalized spacial score (nSPS) is 11.5. The van der Waals surface area contributed by atoms with Crippen molar-refractivity contribution in [1.29, 1.82) is 0 Å². The third-order valence-corrected chi connectivity index (χ3v) is 5.14. The van der Waals surface area contributed by atoms with Crippen LogP contribution in [0.25, 0.3) is 0 Å². The van der Waals surface area contributed by atoms with Gasteiger partial charge in [-0.3, -0.25) is 13.9 Å². The van der Waals surface area contributed by atoms with Crippen molar-refractivity contribution in [3.05, 3.63) is 54.1 Å². The van der Waals surface area contributed by atoms with Crippen LogP contribution in [0, 0.1) is 0 Å². The van der Waals surface area contributed by atoms with Gasteiger partial charge in [-0.25, -0.2) is 13.8 Å². The molecule has 0 saturated heterocycles. The number of nitrogens with zero attached hydrogens (tertiary/aromatic N) is 2. The van der Waals surface area contributed by atoms with Crippen LogP contribution in [0.3, 0.4) is 0 Å². The van der Waals surface area contributed by atoms with Gasteiger partial charge in [0.15, 0.2) is 0 Å². The van der Waals surface area contributed by atoms with E-state index in [1.807, 2.05) is 0 Å². The molecule has 0 fully saturated rings. The topological polar surface area (TPSA) is 117 Å². The summed E-state index contributed by atoms with van der Waals surface area (Å²) in [5, 5.41) is 6.69. The average molecular weight is 433 g/mol. The molecule has 0 spiro atoms. The van der Waals surface area contributed by atoms with E-state index < -0.39 is 22.5 Å². The number of nitrogens with one attached hydrogen (secondary N) is 2. The number of amides is 2. The summed E-state index contributed by atoms with van der Waals surface area (Å²) in [5.74, 6) is -0.457. The molecule has 30 heavy (non-hydrogen) atoms. The zero-order chi connectivity index (χ0) is 22.3. The number of hydrogen-bond donors (Lipinski definition) is 2. The van der Waals surface area contributed by atoms with Gasteiger partial charge in [0.1, 0.15) is 12.3 Å². The smallest absolute Gasteiger partial charge is 0.260 e. The fourth-order valence-electron chi connectivity index (χ4n) is 2.59. The van der Waals surface area contributed by atoms with Crippen LogP contribution in [0.5, 0.6) is 5.75 Å². The highest BCUT2D eigenvalue weighted by atomic mass is 32.2. The maximum absolute atomic E-state index is 12.4. The third kappa shape index (κ3) is 6.31. The summed E-state index contributed by atoms with van der Waals surface area (Å²) in [7, 11) is -2.32. The molecule has 0 radical (unpaired) electrons. The maximum Gasteiger partial charge on any atom is 0.260 e. The van der Waals surface area contributed by atoms with Crippen LogP contribution >= 0.6 is 0 Å². The predicted octanol–water partition coefficient (Wildman–Crippen LogP) is 1.96. The van der Waals surface area contributed by atoms with Gasteiger partial charge in [-0.1, -0.05) is 24.3 Å². The van der Waals surface area contributed by atoms with Crippen LogP contribution < -0.4 is 19.8 Å². The number of sulfonamides is 1. The van der Waals surface area contributed by atoms with Gasteiger partial charge in [-0.05, 0) is 36.8 Å². The predicted molar refractivity (Wildman–Crippen MR) is 116 cm³/mol. The number of methoxy groups -OCH3 is 1. The lowest BCUT2D eigenvalue weighted by atomic mass is 10.1. The standard InChI is InChI=1S/C20H24N4O5S/c1-14(16-9-11-17(12-10-16)21-15(2)25)22-23-20(26)13-24(30(4,27)28)18-7-5-6-8-19(18)29-3/h5-12H,13H2,1-4H3,(H,21,25)(H,23,26)/b22-14-. The lowest BCUT2D eigenvalue weighted by molar-refractivity contribution is -0.119. The molecule has 0 aliphatic carbocycles. The Bertz CT molecular complexity index is 1050. The minimum atomic E-state index is -3.74. The first-order valence-electron chi connectivity index (χ1n) is 8.93. The van der Waals surface area contributed by atoms with Crippen molar-refractivity contribution in [1.82, 2.24) is 5.43 Å². The van der Waals surface area contributed by atoms with Crippen LogP contribution in [0.4, 0.5) is 11.4 Å². The second-order valence-electron chi connectivity index (χ2n) is 6.43. The van der Waals surface area contributed by atoms with E-state index in [0.717, 1.165) is 16.1 Å². The van der Waals surface area contributed by atoms with Crippen LogP contribution in [0.2, 0.25) is 0 Å². The fourth-order valence-corrected chi connectivity index (χ4v) is 3.45. The van der Waals surface area contributed by atoms with E-state index in [4.69, 9.17) is 4.74 Å². The fraction of sp³-hybridized carbons (Fsp3) is 0.250. The van der Waals surface area contributed by atoms with Crippen LogP contribution in [-0.2, 0) is 19.6 Å². The van der Waals surface area contributed by atoms with Crippen molar-refractivity contribution in [2.75, 3.05) is 29.5 Å². The minimum Gasteiger partial charge on any atom is -0.495 e. The number of carbonyl (C=O) groups excluding carboxylic acids is 2. The van der Waals surface area contributed by atoms with Crippen molar-refractivity contribution in [3.63, 3.8) is 0 Å². The number of rotatable bonds is 8. The zero-order valence-corrected chi connectivity index (χ0v) is 18.0. The number of carbonyl (C=O) groups is 2. The molecule has 2 amide bonds. The summed E-state index contributed by atoms with van der Waals surface area (Å²) in [6.07, 6.45) is 1.01. The van der Waals surface area contributed by atoms with Crippen molar-refractivity contribution >= 4 is 38.9 Å². The largest absolute Gasteiger partial charge is 0.495 e. The second-order valence-corrected chi connectivity index (χ2v) is 8.34. The van der Waals surface area contributed by atoms with Crippen LogP contribution in [0.1, 0.15) is 19.4 Å². The number of ether oxygens (including phenoxy) is 1. The molecule has 0 aliphatic heterocycles. The van der Waals surface area contributed by atoms with Crippen molar-refractivity contribution in [3.8, 4) is 5.75 Å². The first kappa shape index (κ1) is 22.9. The Morgan fingerprint density at radius 1 is 1.07 bits per heavy atom. The zero-order valence-electron chi connectivity index (χ0n) is 17.2. The number of hydrazone groups is 1. The second kappa shape index (κ2) is 9.88. The lowest BCUT2D eigenvalue weighted by Crippen LogP contribution is -2.39. The molecule has 2 rings (SSSR count). The van der Waals surface area contributed by atoms with E-state index in [1.165, 1.54) is 14.0 Å². The molecule has 0 aromatic heterocycles. The van der Waals surface area contributed by atoms with E-state index in [2.05, 4.69) is 15.8 Å². The van der Waals surface area contributed by atoms with E-state index in [0.29, 0.717) is 17.1 Å². The lowest BCUT2D eigenvalue weighted by Gasteiger charge is -2.23. The summed E-state index contributed by atoms with van der Waals surface area (Å²) in [6, 6.07) is 13.4. The molecule has 2 aromatic carbocycles. The monoisotopic (exact) mass is 432 g/mol. The van der Waals surface area contributed by atoms with Gasteiger partial charge < -0.3 is 10.1 Å². The van der Waals surface area contributed by atoms with Crippen molar-refractivity contribution in [2.24, 2.45) is 5.10 Å². The Morgan fingerprint density at radius 3 is 2.27 bits per heavy atom. The average Bonchev–Trinajstić information content (AvgIpc) is 2.69. The molecule has 2 aromatic rings. The molecule has 0 saturated carbocycles. The van der Waals surface area contributed by atoms with E-state index in [9.17, 15) is 18.0 Å². The van der Waals surface area contributed by atoms with Gasteiger partial charge in [0.2, 0.25) is 15.9 Å². The number of para-hydroxylation sites is 2. The van der Waals surface area contributed by atoms with Gasteiger partial charge in [0.05, 0.1) is 24.8 Å². The molecule has 0 heterocycles. The van der Waals surface area contributed by atoms with E-state index in [1.54, 1.807) is 55.5 Å². The Hall–Kier alpha value is -3.40. The molecule has 0 atom stereocenters. The third-order valence-electron chi connectivity index (χ3n) is 4.01. The Kier molecular flexibility index (Phi) is 7.54. The number of anilines is 2. The summed E-state index contributed by atoms with van der Waals surface area (Å²) in [4.78, 5) is 23.4.